The van der Waals surface area contributed by atoms with Crippen LogP contribution < -0.4 is 5.32 Å². The number of thiazole rings is 1. The monoisotopic (exact) mass is 407 g/mol. The predicted octanol–water partition coefficient (Wildman–Crippen LogP) is 4.44. The molecule has 1 aliphatic heterocycles. The Hall–Kier alpha value is -2.74. The SMILES string of the molecule is Cc1c(C(=O)Nc2nc(CN3CCOCC3)cs2)oc2c1ccc1ccccc12. The van der Waals surface area contributed by atoms with E-state index < -0.39 is 0 Å². The Bertz CT molecular complexity index is 1190. The van der Waals surface area contributed by atoms with Crippen molar-refractivity contribution >= 4 is 44.1 Å². The Morgan fingerprint density at radius 2 is 2.00 bits per heavy atom. The van der Waals surface area contributed by atoms with Gasteiger partial charge in [0.2, 0.25) is 0 Å². The van der Waals surface area contributed by atoms with Gasteiger partial charge in [0.05, 0.1) is 18.9 Å². The third-order valence-electron chi connectivity index (χ3n) is 5.30. The number of hydrogen-bond donors (Lipinski definition) is 1. The van der Waals surface area contributed by atoms with Crippen LogP contribution in [-0.4, -0.2) is 42.1 Å². The number of benzene rings is 2. The lowest BCUT2D eigenvalue weighted by molar-refractivity contribution is 0.0337. The molecule has 1 amide bonds. The number of hydrogen-bond acceptors (Lipinski definition) is 6. The summed E-state index contributed by atoms with van der Waals surface area (Å²) in [6.45, 7) is 6.02. The van der Waals surface area contributed by atoms with Gasteiger partial charge in [-0.3, -0.25) is 15.0 Å². The molecule has 1 N–H and O–H groups in total. The van der Waals surface area contributed by atoms with Gasteiger partial charge in [0.25, 0.3) is 5.91 Å². The largest absolute Gasteiger partial charge is 0.450 e. The Morgan fingerprint density at radius 3 is 2.86 bits per heavy atom. The molecule has 0 aliphatic carbocycles. The van der Waals surface area contributed by atoms with Crippen LogP contribution >= 0.6 is 11.3 Å². The van der Waals surface area contributed by atoms with Gasteiger partial charge in [-0.05, 0) is 12.3 Å². The molecule has 0 bridgehead atoms. The fourth-order valence-electron chi connectivity index (χ4n) is 3.75. The molecule has 5 rings (SSSR count). The normalized spacial score (nSPS) is 15.2. The molecule has 148 valence electrons. The molecule has 1 saturated heterocycles. The van der Waals surface area contributed by atoms with E-state index in [4.69, 9.17) is 9.15 Å². The highest BCUT2D eigenvalue weighted by Crippen LogP contribution is 2.32. The molecule has 7 heteroatoms. The van der Waals surface area contributed by atoms with E-state index >= 15 is 0 Å². The lowest BCUT2D eigenvalue weighted by Gasteiger charge is -2.25. The highest BCUT2D eigenvalue weighted by molar-refractivity contribution is 7.14. The molecule has 0 spiro atoms. The number of fused-ring (bicyclic) bond motifs is 3. The number of nitrogens with one attached hydrogen (secondary N) is 1. The van der Waals surface area contributed by atoms with Crippen molar-refractivity contribution in [2.75, 3.05) is 31.6 Å². The van der Waals surface area contributed by atoms with Gasteiger partial charge in [-0.1, -0.05) is 36.4 Å². The second-order valence-electron chi connectivity index (χ2n) is 7.21. The van der Waals surface area contributed by atoms with E-state index in [-0.39, 0.29) is 5.91 Å². The summed E-state index contributed by atoms with van der Waals surface area (Å²) in [6, 6.07) is 12.1. The van der Waals surface area contributed by atoms with Crippen LogP contribution in [0.2, 0.25) is 0 Å². The van der Waals surface area contributed by atoms with E-state index in [1.165, 1.54) is 11.3 Å². The minimum Gasteiger partial charge on any atom is -0.450 e. The van der Waals surface area contributed by atoms with Crippen molar-refractivity contribution in [3.8, 4) is 0 Å². The second kappa shape index (κ2) is 7.59. The van der Waals surface area contributed by atoms with E-state index in [0.29, 0.717) is 10.9 Å². The van der Waals surface area contributed by atoms with Crippen LogP contribution in [-0.2, 0) is 11.3 Å². The van der Waals surface area contributed by atoms with E-state index in [1.54, 1.807) is 0 Å². The molecule has 3 heterocycles. The molecule has 6 nitrogen and oxygen atoms in total. The zero-order chi connectivity index (χ0) is 19.8. The van der Waals surface area contributed by atoms with Crippen LogP contribution in [0.5, 0.6) is 0 Å². The summed E-state index contributed by atoms with van der Waals surface area (Å²) in [5.41, 5.74) is 2.55. The quantitative estimate of drug-likeness (QED) is 0.542. The first kappa shape index (κ1) is 18.3. The summed E-state index contributed by atoms with van der Waals surface area (Å²) in [7, 11) is 0. The fraction of sp³-hybridized carbons (Fsp3) is 0.273. The summed E-state index contributed by atoms with van der Waals surface area (Å²) in [5, 5.41) is 8.53. The summed E-state index contributed by atoms with van der Waals surface area (Å²) < 4.78 is 11.4. The third kappa shape index (κ3) is 3.53. The zero-order valence-electron chi connectivity index (χ0n) is 16.1. The van der Waals surface area contributed by atoms with E-state index in [9.17, 15) is 4.79 Å². The van der Waals surface area contributed by atoms with E-state index in [0.717, 1.165) is 65.8 Å². The van der Waals surface area contributed by atoms with Crippen LogP contribution in [0.15, 0.2) is 46.2 Å². The molecule has 0 atom stereocenters. The van der Waals surface area contributed by atoms with E-state index in [1.807, 2.05) is 42.6 Å². The van der Waals surface area contributed by atoms with Gasteiger partial charge < -0.3 is 9.15 Å². The lowest BCUT2D eigenvalue weighted by Crippen LogP contribution is -2.35. The maximum absolute atomic E-state index is 12.9. The predicted molar refractivity (Wildman–Crippen MR) is 115 cm³/mol. The number of carbonyl (C=O) groups excluding carboxylic acids is 1. The van der Waals surface area contributed by atoms with Crippen molar-refractivity contribution in [1.82, 2.24) is 9.88 Å². The molecule has 2 aromatic carbocycles. The number of anilines is 1. The van der Waals surface area contributed by atoms with Crippen LogP contribution in [0.1, 0.15) is 21.8 Å². The third-order valence-corrected chi connectivity index (χ3v) is 6.10. The molecule has 0 saturated carbocycles. The summed E-state index contributed by atoms with van der Waals surface area (Å²) in [5.74, 6) is 0.0661. The van der Waals surface area contributed by atoms with E-state index in [2.05, 4.69) is 21.3 Å². The fourth-order valence-corrected chi connectivity index (χ4v) is 4.44. The maximum atomic E-state index is 12.9. The maximum Gasteiger partial charge on any atom is 0.293 e. The molecule has 0 unspecified atom stereocenters. The first-order valence-electron chi connectivity index (χ1n) is 9.66. The summed E-state index contributed by atoms with van der Waals surface area (Å²) in [6.07, 6.45) is 0. The van der Waals surface area contributed by atoms with Crippen molar-refractivity contribution in [1.29, 1.82) is 0 Å². The molecule has 0 radical (unpaired) electrons. The van der Waals surface area contributed by atoms with Gasteiger partial charge >= 0.3 is 0 Å². The molecular formula is C22H21N3O3S. The topological polar surface area (TPSA) is 67.6 Å². The van der Waals surface area contributed by atoms with Crippen molar-refractivity contribution in [2.45, 2.75) is 13.5 Å². The number of amides is 1. The Labute approximate surface area is 172 Å². The smallest absolute Gasteiger partial charge is 0.293 e. The molecule has 1 aliphatic rings. The molecule has 1 fully saturated rings. The number of aromatic nitrogens is 1. The van der Waals surface area contributed by atoms with Crippen molar-refractivity contribution < 1.29 is 13.9 Å². The van der Waals surface area contributed by atoms with Crippen LogP contribution in [0, 0.1) is 6.92 Å². The number of carbonyl (C=O) groups is 1. The Morgan fingerprint density at radius 1 is 1.17 bits per heavy atom. The van der Waals surface area contributed by atoms with Crippen LogP contribution in [0.4, 0.5) is 5.13 Å². The van der Waals surface area contributed by atoms with Crippen LogP contribution in [0.3, 0.4) is 0 Å². The van der Waals surface area contributed by atoms with Gasteiger partial charge in [0.1, 0.15) is 5.58 Å². The second-order valence-corrected chi connectivity index (χ2v) is 8.06. The number of ether oxygens (including phenoxy) is 1. The van der Waals surface area contributed by atoms with Gasteiger partial charge in [0.15, 0.2) is 10.9 Å². The number of furan rings is 1. The Balaban J connectivity index is 1.37. The summed E-state index contributed by atoms with van der Waals surface area (Å²) >= 11 is 1.43. The average Bonchev–Trinajstić information content (AvgIpc) is 3.33. The minimum absolute atomic E-state index is 0.268. The number of rotatable bonds is 4. The number of morpholine rings is 1. The highest BCUT2D eigenvalue weighted by Gasteiger charge is 2.20. The zero-order valence-corrected chi connectivity index (χ0v) is 16.9. The molecule has 29 heavy (non-hydrogen) atoms. The average molecular weight is 407 g/mol. The van der Waals surface area contributed by atoms with Gasteiger partial charge in [-0.25, -0.2) is 4.98 Å². The molecule has 4 aromatic rings. The lowest BCUT2D eigenvalue weighted by atomic mass is 10.1. The van der Waals surface area contributed by atoms with Crippen molar-refractivity contribution in [3.63, 3.8) is 0 Å². The van der Waals surface area contributed by atoms with Gasteiger partial charge in [0, 0.05) is 41.4 Å². The highest BCUT2D eigenvalue weighted by atomic mass is 32.1. The first-order chi connectivity index (χ1) is 14.2. The van der Waals surface area contributed by atoms with Gasteiger partial charge in [-0.15, -0.1) is 11.3 Å². The molecular weight excluding hydrogens is 386 g/mol. The standard InChI is InChI=1S/C22H21N3O3S/c1-14-17-7-6-15-4-2-3-5-18(15)20(17)28-19(14)21(26)24-22-23-16(13-29-22)12-25-8-10-27-11-9-25/h2-7,13H,8-12H2,1H3,(H,23,24,26). The molecule has 2 aromatic heterocycles. The van der Waals surface area contributed by atoms with Gasteiger partial charge in [-0.2, -0.15) is 0 Å². The minimum atomic E-state index is -0.268. The number of aryl methyl sites for hydroxylation is 1. The number of nitrogens with zero attached hydrogens (tertiary/aromatic N) is 2. The first-order valence-corrected chi connectivity index (χ1v) is 10.5. The summed E-state index contributed by atoms with van der Waals surface area (Å²) in [4.78, 5) is 19.7. The van der Waals surface area contributed by atoms with Crippen LogP contribution in [0.25, 0.3) is 21.7 Å². The Kier molecular flexibility index (Phi) is 4.79. The van der Waals surface area contributed by atoms with Crippen molar-refractivity contribution in [3.05, 3.63) is 58.8 Å². The van der Waals surface area contributed by atoms with Crippen molar-refractivity contribution in [2.24, 2.45) is 0 Å².